The van der Waals surface area contributed by atoms with E-state index in [1.54, 1.807) is 4.90 Å². The van der Waals surface area contributed by atoms with Crippen LogP contribution in [0, 0.1) is 11.8 Å². The molecule has 0 bridgehead atoms. The molecular weight excluding hydrogens is 392 g/mol. The Morgan fingerprint density at radius 3 is 1.71 bits per heavy atom. The largest absolute Gasteiger partial charge is 0.481 e. The molecule has 182 valence electrons. The fourth-order valence-corrected chi connectivity index (χ4v) is 3.74. The van der Waals surface area contributed by atoms with Gasteiger partial charge in [-0.25, -0.2) is 0 Å². The number of carbonyl (C=O) groups excluding carboxylic acids is 2. The summed E-state index contributed by atoms with van der Waals surface area (Å²) < 4.78 is 0. The van der Waals surface area contributed by atoms with Crippen LogP contribution in [0.5, 0.6) is 0 Å². The zero-order valence-electron chi connectivity index (χ0n) is 20.8. The van der Waals surface area contributed by atoms with Crippen molar-refractivity contribution in [1.29, 1.82) is 0 Å². The lowest BCUT2D eigenvalue weighted by Gasteiger charge is -2.30. The predicted octanol–water partition coefficient (Wildman–Crippen LogP) is 5.40. The molecular formula is C25H48N2O4. The number of carboxylic acids is 1. The molecule has 6 nitrogen and oxygen atoms in total. The number of unbranched alkanes of at least 4 members (excludes halogenated alkanes) is 8. The third kappa shape index (κ3) is 16.7. The molecule has 0 aromatic rings. The quantitative estimate of drug-likeness (QED) is 0.263. The molecule has 2 amide bonds. The Balaban J connectivity index is 4.57. The minimum Gasteiger partial charge on any atom is -0.481 e. The highest BCUT2D eigenvalue weighted by atomic mass is 16.4. The molecule has 0 saturated heterocycles. The number of nitrogens with one attached hydrogen (secondary N) is 1. The molecule has 0 aliphatic heterocycles. The van der Waals surface area contributed by atoms with Crippen molar-refractivity contribution in [2.45, 2.75) is 118 Å². The van der Waals surface area contributed by atoms with Crippen molar-refractivity contribution in [2.75, 3.05) is 13.1 Å². The minimum atomic E-state index is -0.953. The van der Waals surface area contributed by atoms with Gasteiger partial charge in [0.2, 0.25) is 11.8 Å². The monoisotopic (exact) mass is 440 g/mol. The summed E-state index contributed by atoms with van der Waals surface area (Å²) in [4.78, 5) is 38.4. The zero-order valence-corrected chi connectivity index (χ0v) is 20.8. The molecule has 0 saturated carbocycles. The van der Waals surface area contributed by atoms with Gasteiger partial charge < -0.3 is 15.3 Å². The summed E-state index contributed by atoms with van der Waals surface area (Å²) >= 11 is 0. The fourth-order valence-electron chi connectivity index (χ4n) is 3.74. The topological polar surface area (TPSA) is 86.7 Å². The highest BCUT2D eigenvalue weighted by Gasteiger charge is 2.27. The first kappa shape index (κ1) is 29.4. The number of nitrogens with zero attached hydrogens (tertiary/aromatic N) is 1. The first-order chi connectivity index (χ1) is 14.7. The number of carbonyl (C=O) groups is 3. The van der Waals surface area contributed by atoms with Crippen LogP contribution in [-0.2, 0) is 14.4 Å². The number of aliphatic carboxylic acids is 1. The van der Waals surface area contributed by atoms with Crippen LogP contribution < -0.4 is 5.32 Å². The highest BCUT2D eigenvalue weighted by Crippen LogP contribution is 2.12. The number of amides is 2. The van der Waals surface area contributed by atoms with Crippen molar-refractivity contribution >= 4 is 17.8 Å². The summed E-state index contributed by atoms with van der Waals surface area (Å²) in [5, 5.41) is 11.9. The Hall–Kier alpha value is -1.59. The van der Waals surface area contributed by atoms with Crippen LogP contribution in [0.1, 0.15) is 112 Å². The van der Waals surface area contributed by atoms with Crippen molar-refractivity contribution < 1.29 is 19.5 Å². The predicted molar refractivity (Wildman–Crippen MR) is 127 cm³/mol. The van der Waals surface area contributed by atoms with Crippen LogP contribution in [0.4, 0.5) is 0 Å². The van der Waals surface area contributed by atoms with Gasteiger partial charge in [-0.05, 0) is 24.7 Å². The van der Waals surface area contributed by atoms with E-state index in [2.05, 4.69) is 39.9 Å². The number of hydrogen-bond acceptors (Lipinski definition) is 3. The minimum absolute atomic E-state index is 0.129. The van der Waals surface area contributed by atoms with Crippen LogP contribution in [0.2, 0.25) is 0 Å². The molecule has 2 N–H and O–H groups in total. The average molecular weight is 441 g/mol. The lowest BCUT2D eigenvalue weighted by Crippen LogP contribution is -2.50. The molecule has 0 spiro atoms. The van der Waals surface area contributed by atoms with Crippen LogP contribution in [0.25, 0.3) is 0 Å². The molecule has 0 aromatic carbocycles. The third-order valence-electron chi connectivity index (χ3n) is 5.27. The first-order valence-electron chi connectivity index (χ1n) is 12.5. The van der Waals surface area contributed by atoms with Crippen molar-refractivity contribution in [3.05, 3.63) is 0 Å². The molecule has 0 radical (unpaired) electrons. The summed E-state index contributed by atoms with van der Waals surface area (Å²) in [5.41, 5.74) is 0. The maximum Gasteiger partial charge on any atom is 0.303 e. The smallest absolute Gasteiger partial charge is 0.303 e. The molecule has 0 aliphatic rings. The zero-order chi connectivity index (χ0) is 23.6. The van der Waals surface area contributed by atoms with Gasteiger partial charge in [0.05, 0.1) is 0 Å². The van der Waals surface area contributed by atoms with E-state index < -0.39 is 12.0 Å². The summed E-state index contributed by atoms with van der Waals surface area (Å²) in [6.45, 7) is 11.6. The Morgan fingerprint density at radius 1 is 0.774 bits per heavy atom. The Labute approximate surface area is 190 Å². The first-order valence-corrected chi connectivity index (χ1v) is 12.5. The standard InChI is InChI=1S/C25H48N2O4/c1-6-7-8-9-10-11-12-13-14-15-23(28)26-22(16-17-24(29)30)25(31)27(18-20(2)3)19-21(4)5/h20-22H,6-19H2,1-5H3,(H,26,28)(H,29,30)/t22-/m0/s1. The summed E-state index contributed by atoms with van der Waals surface area (Å²) in [6, 6.07) is -0.764. The molecule has 1 atom stereocenters. The third-order valence-corrected chi connectivity index (χ3v) is 5.27. The number of rotatable bonds is 19. The summed E-state index contributed by atoms with van der Waals surface area (Å²) in [7, 11) is 0. The molecule has 6 heteroatoms. The van der Waals surface area contributed by atoms with Crippen LogP contribution in [0.15, 0.2) is 0 Å². The van der Waals surface area contributed by atoms with Crippen LogP contribution in [0.3, 0.4) is 0 Å². The van der Waals surface area contributed by atoms with E-state index >= 15 is 0 Å². The normalized spacial score (nSPS) is 12.2. The van der Waals surface area contributed by atoms with Crippen molar-refractivity contribution in [3.8, 4) is 0 Å². The second-order valence-corrected chi connectivity index (χ2v) is 9.66. The lowest BCUT2D eigenvalue weighted by atomic mass is 10.0. The maximum absolute atomic E-state index is 13.1. The molecule has 0 aliphatic carbocycles. The van der Waals surface area contributed by atoms with Crippen LogP contribution in [-0.4, -0.2) is 46.9 Å². The van der Waals surface area contributed by atoms with E-state index in [1.165, 1.54) is 38.5 Å². The van der Waals surface area contributed by atoms with Gasteiger partial charge in [-0.15, -0.1) is 0 Å². The van der Waals surface area contributed by atoms with Gasteiger partial charge in [0, 0.05) is 25.9 Å². The molecule has 31 heavy (non-hydrogen) atoms. The van der Waals surface area contributed by atoms with E-state index in [0.29, 0.717) is 31.3 Å². The van der Waals surface area contributed by atoms with Crippen LogP contribution >= 0.6 is 0 Å². The van der Waals surface area contributed by atoms with Gasteiger partial charge in [-0.1, -0.05) is 86.0 Å². The second-order valence-electron chi connectivity index (χ2n) is 9.66. The lowest BCUT2D eigenvalue weighted by molar-refractivity contribution is -0.140. The van der Waals surface area contributed by atoms with E-state index in [9.17, 15) is 14.4 Å². The highest BCUT2D eigenvalue weighted by molar-refractivity contribution is 5.88. The van der Waals surface area contributed by atoms with Gasteiger partial charge in [0.25, 0.3) is 0 Å². The average Bonchev–Trinajstić information content (AvgIpc) is 2.68. The molecule has 0 aromatic heterocycles. The van der Waals surface area contributed by atoms with Crippen molar-refractivity contribution in [2.24, 2.45) is 11.8 Å². The Kier molecular flexibility index (Phi) is 17.1. The number of hydrogen-bond donors (Lipinski definition) is 2. The van der Waals surface area contributed by atoms with E-state index in [-0.39, 0.29) is 24.7 Å². The summed E-state index contributed by atoms with van der Waals surface area (Å²) in [5.74, 6) is -0.656. The molecule has 0 fully saturated rings. The molecule has 0 heterocycles. The van der Waals surface area contributed by atoms with E-state index in [4.69, 9.17) is 5.11 Å². The van der Waals surface area contributed by atoms with Crippen molar-refractivity contribution in [3.63, 3.8) is 0 Å². The van der Waals surface area contributed by atoms with Crippen molar-refractivity contribution in [1.82, 2.24) is 10.2 Å². The Morgan fingerprint density at radius 2 is 1.26 bits per heavy atom. The summed E-state index contributed by atoms with van der Waals surface area (Å²) in [6.07, 6.45) is 11.0. The van der Waals surface area contributed by atoms with Gasteiger partial charge >= 0.3 is 5.97 Å². The van der Waals surface area contributed by atoms with Gasteiger partial charge in [-0.3, -0.25) is 14.4 Å². The molecule has 0 rings (SSSR count). The fraction of sp³-hybridized carbons (Fsp3) is 0.880. The van der Waals surface area contributed by atoms with Gasteiger partial charge in [-0.2, -0.15) is 0 Å². The number of carboxylic acid groups (broad SMARTS) is 1. The van der Waals surface area contributed by atoms with Gasteiger partial charge in [0.15, 0.2) is 0 Å². The van der Waals surface area contributed by atoms with E-state index in [1.807, 2.05) is 0 Å². The maximum atomic E-state index is 13.1. The van der Waals surface area contributed by atoms with E-state index in [0.717, 1.165) is 19.3 Å². The second kappa shape index (κ2) is 18.0. The molecule has 0 unspecified atom stereocenters. The SMILES string of the molecule is CCCCCCCCCCCC(=O)N[C@@H](CCC(=O)O)C(=O)N(CC(C)C)CC(C)C. The Bertz CT molecular complexity index is 496. The van der Waals surface area contributed by atoms with Gasteiger partial charge in [0.1, 0.15) is 6.04 Å².